The lowest BCUT2D eigenvalue weighted by Crippen LogP contribution is -2.30. The summed E-state index contributed by atoms with van der Waals surface area (Å²) in [6.07, 6.45) is 2.55. The Balaban J connectivity index is 1.61. The van der Waals surface area contributed by atoms with Gasteiger partial charge >= 0.3 is 0 Å². The number of benzene rings is 1. The van der Waals surface area contributed by atoms with E-state index >= 15 is 0 Å². The SMILES string of the molecule is O=C(Cc1ccc(Cl)cc1)NCCCNC(=O)c1ccccn1. The van der Waals surface area contributed by atoms with Crippen molar-refractivity contribution in [1.29, 1.82) is 0 Å². The number of nitrogens with one attached hydrogen (secondary N) is 2. The number of rotatable bonds is 7. The third-order valence-electron chi connectivity index (χ3n) is 3.14. The Labute approximate surface area is 140 Å². The Bertz CT molecular complexity index is 645. The Morgan fingerprint density at radius 3 is 2.43 bits per heavy atom. The molecule has 2 aromatic rings. The summed E-state index contributed by atoms with van der Waals surface area (Å²) in [5.41, 5.74) is 1.30. The first-order valence-corrected chi connectivity index (χ1v) is 7.73. The molecule has 1 aromatic heterocycles. The number of hydrogen-bond donors (Lipinski definition) is 2. The van der Waals surface area contributed by atoms with Gasteiger partial charge in [0.25, 0.3) is 5.91 Å². The molecule has 2 rings (SSSR count). The van der Waals surface area contributed by atoms with Crippen LogP contribution in [0.4, 0.5) is 0 Å². The summed E-state index contributed by atoms with van der Waals surface area (Å²) in [6.45, 7) is 0.992. The molecular weight excluding hydrogens is 314 g/mol. The van der Waals surface area contributed by atoms with Gasteiger partial charge in [0.15, 0.2) is 0 Å². The minimum atomic E-state index is -0.210. The number of aromatic nitrogens is 1. The number of halogens is 1. The van der Waals surface area contributed by atoms with Crippen LogP contribution in [0, 0.1) is 0 Å². The molecule has 0 unspecified atom stereocenters. The van der Waals surface area contributed by atoms with Gasteiger partial charge in [-0.15, -0.1) is 0 Å². The minimum absolute atomic E-state index is 0.0524. The van der Waals surface area contributed by atoms with E-state index in [1.807, 2.05) is 12.1 Å². The van der Waals surface area contributed by atoms with Crippen molar-refractivity contribution in [3.8, 4) is 0 Å². The maximum Gasteiger partial charge on any atom is 0.269 e. The highest BCUT2D eigenvalue weighted by molar-refractivity contribution is 6.30. The fourth-order valence-corrected chi connectivity index (χ4v) is 2.08. The topological polar surface area (TPSA) is 71.1 Å². The van der Waals surface area contributed by atoms with E-state index in [4.69, 9.17) is 11.6 Å². The second-order valence-corrected chi connectivity index (χ2v) is 5.41. The predicted molar refractivity (Wildman–Crippen MR) is 89.4 cm³/mol. The molecule has 1 aromatic carbocycles. The molecule has 2 amide bonds. The van der Waals surface area contributed by atoms with E-state index in [1.165, 1.54) is 0 Å². The molecular formula is C17H18ClN3O2. The van der Waals surface area contributed by atoms with Gasteiger partial charge in [-0.3, -0.25) is 14.6 Å². The lowest BCUT2D eigenvalue weighted by molar-refractivity contribution is -0.120. The highest BCUT2D eigenvalue weighted by Crippen LogP contribution is 2.09. The maximum absolute atomic E-state index is 11.8. The lowest BCUT2D eigenvalue weighted by Gasteiger charge is -2.07. The first kappa shape index (κ1) is 17.0. The van der Waals surface area contributed by atoms with Crippen molar-refractivity contribution >= 4 is 23.4 Å². The molecule has 2 N–H and O–H groups in total. The number of nitrogens with zero attached hydrogens (tertiary/aromatic N) is 1. The van der Waals surface area contributed by atoms with Crippen LogP contribution in [-0.4, -0.2) is 29.9 Å². The molecule has 0 saturated carbocycles. The van der Waals surface area contributed by atoms with E-state index in [9.17, 15) is 9.59 Å². The van der Waals surface area contributed by atoms with Crippen LogP contribution in [-0.2, 0) is 11.2 Å². The van der Waals surface area contributed by atoms with Gasteiger partial charge in [0.2, 0.25) is 5.91 Å². The largest absolute Gasteiger partial charge is 0.356 e. The normalized spacial score (nSPS) is 10.1. The first-order valence-electron chi connectivity index (χ1n) is 7.35. The van der Waals surface area contributed by atoms with E-state index in [1.54, 1.807) is 36.5 Å². The minimum Gasteiger partial charge on any atom is -0.356 e. The summed E-state index contributed by atoms with van der Waals surface area (Å²) in [5, 5.41) is 6.23. The molecule has 0 aliphatic heterocycles. The molecule has 0 atom stereocenters. The van der Waals surface area contributed by atoms with Crippen LogP contribution in [0.2, 0.25) is 5.02 Å². The summed E-state index contributed by atoms with van der Waals surface area (Å²) in [4.78, 5) is 27.5. The molecule has 0 aliphatic rings. The molecule has 0 bridgehead atoms. The maximum atomic E-state index is 11.8. The van der Waals surface area contributed by atoms with Gasteiger partial charge in [-0.05, 0) is 36.2 Å². The Morgan fingerprint density at radius 1 is 1.00 bits per heavy atom. The molecule has 0 aliphatic carbocycles. The van der Waals surface area contributed by atoms with Crippen molar-refractivity contribution in [2.75, 3.05) is 13.1 Å². The third-order valence-corrected chi connectivity index (χ3v) is 3.39. The van der Waals surface area contributed by atoms with Gasteiger partial charge in [0.05, 0.1) is 6.42 Å². The molecule has 0 saturated heterocycles. The van der Waals surface area contributed by atoms with E-state index in [0.717, 1.165) is 5.56 Å². The van der Waals surface area contributed by atoms with Crippen molar-refractivity contribution in [2.45, 2.75) is 12.8 Å². The van der Waals surface area contributed by atoms with Crippen molar-refractivity contribution in [2.24, 2.45) is 0 Å². The van der Waals surface area contributed by atoms with Gasteiger partial charge < -0.3 is 10.6 Å². The van der Waals surface area contributed by atoms with Crippen LogP contribution in [0.3, 0.4) is 0 Å². The molecule has 1 heterocycles. The standard InChI is InChI=1S/C17H18ClN3O2/c18-14-7-5-13(6-8-14)12-16(22)20-10-3-11-21-17(23)15-4-1-2-9-19-15/h1-2,4-9H,3,10-12H2,(H,20,22)(H,21,23). The van der Waals surface area contributed by atoms with Gasteiger partial charge in [0, 0.05) is 24.3 Å². The summed E-state index contributed by atoms with van der Waals surface area (Å²) in [7, 11) is 0. The zero-order valence-electron chi connectivity index (χ0n) is 12.6. The molecule has 5 nitrogen and oxygen atoms in total. The summed E-state index contributed by atoms with van der Waals surface area (Å²) in [5.74, 6) is -0.263. The third kappa shape index (κ3) is 6.08. The van der Waals surface area contributed by atoms with Crippen LogP contribution in [0.1, 0.15) is 22.5 Å². The molecule has 120 valence electrons. The van der Waals surface area contributed by atoms with Crippen molar-refractivity contribution in [1.82, 2.24) is 15.6 Å². The predicted octanol–water partition coefficient (Wildman–Crippen LogP) is 2.21. The molecule has 6 heteroatoms. The van der Waals surface area contributed by atoms with Gasteiger partial charge in [-0.2, -0.15) is 0 Å². The number of carbonyl (C=O) groups excluding carboxylic acids is 2. The average Bonchev–Trinajstić information content (AvgIpc) is 2.57. The summed E-state index contributed by atoms with van der Waals surface area (Å²) < 4.78 is 0. The highest BCUT2D eigenvalue weighted by atomic mass is 35.5. The zero-order chi connectivity index (χ0) is 16.5. The smallest absolute Gasteiger partial charge is 0.269 e. The summed E-state index contributed by atoms with van der Waals surface area (Å²) in [6, 6.07) is 12.4. The second-order valence-electron chi connectivity index (χ2n) is 4.98. The molecule has 0 spiro atoms. The number of carbonyl (C=O) groups is 2. The van der Waals surface area contributed by atoms with Crippen molar-refractivity contribution in [3.05, 3.63) is 64.9 Å². The number of hydrogen-bond acceptors (Lipinski definition) is 3. The van der Waals surface area contributed by atoms with Crippen LogP contribution in [0.5, 0.6) is 0 Å². The van der Waals surface area contributed by atoms with E-state index in [0.29, 0.717) is 36.6 Å². The highest BCUT2D eigenvalue weighted by Gasteiger charge is 2.05. The Kier molecular flexibility index (Phi) is 6.56. The fourth-order valence-electron chi connectivity index (χ4n) is 1.96. The fraction of sp³-hybridized carbons (Fsp3) is 0.235. The van der Waals surface area contributed by atoms with Crippen molar-refractivity contribution in [3.63, 3.8) is 0 Å². The molecule has 0 fully saturated rings. The molecule has 0 radical (unpaired) electrons. The Hall–Kier alpha value is -2.40. The van der Waals surface area contributed by atoms with Crippen molar-refractivity contribution < 1.29 is 9.59 Å². The van der Waals surface area contributed by atoms with Crippen LogP contribution in [0.25, 0.3) is 0 Å². The van der Waals surface area contributed by atoms with E-state index in [2.05, 4.69) is 15.6 Å². The average molecular weight is 332 g/mol. The quantitative estimate of drug-likeness (QED) is 0.764. The summed E-state index contributed by atoms with van der Waals surface area (Å²) >= 11 is 5.80. The van der Waals surface area contributed by atoms with E-state index < -0.39 is 0 Å². The van der Waals surface area contributed by atoms with Crippen LogP contribution >= 0.6 is 11.6 Å². The monoisotopic (exact) mass is 331 g/mol. The van der Waals surface area contributed by atoms with Crippen LogP contribution in [0.15, 0.2) is 48.7 Å². The van der Waals surface area contributed by atoms with Gasteiger partial charge in [-0.25, -0.2) is 0 Å². The van der Waals surface area contributed by atoms with Gasteiger partial charge in [-0.1, -0.05) is 29.8 Å². The zero-order valence-corrected chi connectivity index (χ0v) is 13.3. The first-order chi connectivity index (χ1) is 11.1. The van der Waals surface area contributed by atoms with Gasteiger partial charge in [0.1, 0.15) is 5.69 Å². The Morgan fingerprint density at radius 2 is 1.74 bits per heavy atom. The number of amides is 2. The number of pyridine rings is 1. The molecule has 23 heavy (non-hydrogen) atoms. The van der Waals surface area contributed by atoms with Crippen LogP contribution < -0.4 is 10.6 Å². The second kappa shape index (κ2) is 8.90. The lowest BCUT2D eigenvalue weighted by atomic mass is 10.1. The van der Waals surface area contributed by atoms with E-state index in [-0.39, 0.29) is 11.8 Å².